The van der Waals surface area contributed by atoms with Crippen LogP contribution in [0, 0.1) is 6.92 Å². The Balaban J connectivity index is 2.05. The first kappa shape index (κ1) is 15.8. The summed E-state index contributed by atoms with van der Waals surface area (Å²) in [5, 5.41) is 1.79. The Labute approximate surface area is 131 Å². The highest BCUT2D eigenvalue weighted by Gasteiger charge is 2.08. The van der Waals surface area contributed by atoms with Crippen LogP contribution in [0.4, 0.5) is 0 Å². The SMILES string of the molecule is Cc1cc(=O)oc2cc(OC(=O)CCCCCBr)ccc12. The first-order valence-corrected chi connectivity index (χ1v) is 8.03. The fourth-order valence-corrected chi connectivity index (χ4v) is 2.49. The summed E-state index contributed by atoms with van der Waals surface area (Å²) in [5.41, 5.74) is 0.872. The largest absolute Gasteiger partial charge is 0.426 e. The van der Waals surface area contributed by atoms with Crippen LogP contribution in [-0.4, -0.2) is 11.3 Å². The van der Waals surface area contributed by atoms with E-state index in [0.29, 0.717) is 17.8 Å². The second-order valence-corrected chi connectivity index (χ2v) is 5.67. The van der Waals surface area contributed by atoms with E-state index in [1.807, 2.05) is 6.92 Å². The van der Waals surface area contributed by atoms with Gasteiger partial charge in [0.15, 0.2) is 0 Å². The molecular formula is C16H17BrO4. The van der Waals surface area contributed by atoms with Gasteiger partial charge in [0.2, 0.25) is 0 Å². The zero-order valence-corrected chi connectivity index (χ0v) is 13.4. The van der Waals surface area contributed by atoms with Gasteiger partial charge in [-0.15, -0.1) is 0 Å². The summed E-state index contributed by atoms with van der Waals surface area (Å²) in [5.74, 6) is 0.140. The highest BCUT2D eigenvalue weighted by Crippen LogP contribution is 2.22. The molecule has 0 spiro atoms. The lowest BCUT2D eigenvalue weighted by Gasteiger charge is -2.06. The molecule has 0 saturated carbocycles. The number of carbonyl (C=O) groups excluding carboxylic acids is 1. The number of halogens is 1. The molecule has 0 amide bonds. The minimum absolute atomic E-state index is 0.265. The van der Waals surface area contributed by atoms with Crippen LogP contribution in [0.1, 0.15) is 31.2 Å². The Hall–Kier alpha value is -1.62. The van der Waals surface area contributed by atoms with E-state index in [2.05, 4.69) is 15.9 Å². The number of carbonyl (C=O) groups is 1. The zero-order chi connectivity index (χ0) is 15.2. The third-order valence-electron chi connectivity index (χ3n) is 3.17. The molecule has 21 heavy (non-hydrogen) atoms. The van der Waals surface area contributed by atoms with Crippen LogP contribution >= 0.6 is 15.9 Å². The van der Waals surface area contributed by atoms with Gasteiger partial charge in [-0.05, 0) is 37.5 Å². The van der Waals surface area contributed by atoms with E-state index in [1.54, 1.807) is 18.2 Å². The maximum Gasteiger partial charge on any atom is 0.336 e. The summed E-state index contributed by atoms with van der Waals surface area (Å²) >= 11 is 3.35. The van der Waals surface area contributed by atoms with Crippen molar-refractivity contribution in [3.8, 4) is 5.75 Å². The first-order valence-electron chi connectivity index (χ1n) is 6.91. The van der Waals surface area contributed by atoms with Crippen molar-refractivity contribution in [1.29, 1.82) is 0 Å². The highest BCUT2D eigenvalue weighted by molar-refractivity contribution is 9.09. The summed E-state index contributed by atoms with van der Waals surface area (Å²) in [6.07, 6.45) is 3.24. The summed E-state index contributed by atoms with van der Waals surface area (Å²) < 4.78 is 10.4. The zero-order valence-electron chi connectivity index (χ0n) is 11.9. The molecule has 0 saturated heterocycles. The van der Waals surface area contributed by atoms with Gasteiger partial charge in [-0.25, -0.2) is 4.79 Å². The monoisotopic (exact) mass is 352 g/mol. The van der Waals surface area contributed by atoms with Crippen LogP contribution in [0.15, 0.2) is 33.5 Å². The molecule has 0 aliphatic rings. The Morgan fingerprint density at radius 1 is 1.24 bits per heavy atom. The van der Waals surface area contributed by atoms with E-state index in [9.17, 15) is 9.59 Å². The van der Waals surface area contributed by atoms with E-state index in [1.165, 1.54) is 6.07 Å². The van der Waals surface area contributed by atoms with Crippen LogP contribution in [0.25, 0.3) is 11.0 Å². The molecule has 2 rings (SSSR count). The van der Waals surface area contributed by atoms with Crippen LogP contribution in [-0.2, 0) is 4.79 Å². The van der Waals surface area contributed by atoms with Gasteiger partial charge in [0.05, 0.1) is 0 Å². The lowest BCUT2D eigenvalue weighted by atomic mass is 10.1. The van der Waals surface area contributed by atoms with Crippen LogP contribution < -0.4 is 10.4 Å². The van der Waals surface area contributed by atoms with E-state index in [4.69, 9.17) is 9.15 Å². The van der Waals surface area contributed by atoms with Crippen molar-refractivity contribution in [1.82, 2.24) is 0 Å². The molecule has 0 N–H and O–H groups in total. The molecule has 0 atom stereocenters. The minimum atomic E-state index is -0.404. The van der Waals surface area contributed by atoms with Gasteiger partial charge in [-0.2, -0.15) is 0 Å². The van der Waals surface area contributed by atoms with E-state index in [-0.39, 0.29) is 5.97 Å². The predicted molar refractivity (Wildman–Crippen MR) is 85.1 cm³/mol. The van der Waals surface area contributed by atoms with Gasteiger partial charge >= 0.3 is 11.6 Å². The second kappa shape index (κ2) is 7.41. The number of alkyl halides is 1. The normalized spacial score (nSPS) is 10.8. The average molecular weight is 353 g/mol. The lowest BCUT2D eigenvalue weighted by molar-refractivity contribution is -0.134. The third-order valence-corrected chi connectivity index (χ3v) is 3.73. The van der Waals surface area contributed by atoms with Crippen molar-refractivity contribution < 1.29 is 13.9 Å². The second-order valence-electron chi connectivity index (χ2n) is 4.88. The molecule has 0 bridgehead atoms. The van der Waals surface area contributed by atoms with Crippen molar-refractivity contribution in [3.05, 3.63) is 40.2 Å². The van der Waals surface area contributed by atoms with Crippen molar-refractivity contribution in [2.45, 2.75) is 32.6 Å². The average Bonchev–Trinajstić information content (AvgIpc) is 2.43. The number of fused-ring (bicyclic) bond motifs is 1. The molecule has 2 aromatic rings. The Kier molecular flexibility index (Phi) is 5.56. The fourth-order valence-electron chi connectivity index (χ4n) is 2.09. The molecule has 0 aliphatic heterocycles. The van der Waals surface area contributed by atoms with Gasteiger partial charge in [0.25, 0.3) is 0 Å². The summed E-state index contributed by atoms with van der Waals surface area (Å²) in [4.78, 5) is 23.1. The molecular weight excluding hydrogens is 336 g/mol. The molecule has 1 heterocycles. The molecule has 0 unspecified atom stereocenters. The van der Waals surface area contributed by atoms with Crippen LogP contribution in [0.2, 0.25) is 0 Å². The van der Waals surface area contributed by atoms with Gasteiger partial charge in [0, 0.05) is 29.3 Å². The maximum absolute atomic E-state index is 11.7. The molecule has 1 aromatic carbocycles. The highest BCUT2D eigenvalue weighted by atomic mass is 79.9. The number of aryl methyl sites for hydroxylation is 1. The number of ether oxygens (including phenoxy) is 1. The Morgan fingerprint density at radius 3 is 2.81 bits per heavy atom. The number of hydrogen-bond acceptors (Lipinski definition) is 4. The number of rotatable bonds is 6. The third kappa shape index (κ3) is 4.43. The first-order chi connectivity index (χ1) is 10.1. The topological polar surface area (TPSA) is 56.5 Å². The van der Waals surface area contributed by atoms with Gasteiger partial charge < -0.3 is 9.15 Å². The number of benzene rings is 1. The Morgan fingerprint density at radius 2 is 2.05 bits per heavy atom. The number of esters is 1. The van der Waals surface area contributed by atoms with Crippen molar-refractivity contribution in [3.63, 3.8) is 0 Å². The quantitative estimate of drug-likeness (QED) is 0.259. The van der Waals surface area contributed by atoms with Crippen molar-refractivity contribution in [2.24, 2.45) is 0 Å². The lowest BCUT2D eigenvalue weighted by Crippen LogP contribution is -2.07. The fraction of sp³-hybridized carbons (Fsp3) is 0.375. The number of hydrogen-bond donors (Lipinski definition) is 0. The molecule has 0 fully saturated rings. The maximum atomic E-state index is 11.7. The smallest absolute Gasteiger partial charge is 0.336 e. The summed E-state index contributed by atoms with van der Waals surface area (Å²) in [6, 6.07) is 6.53. The molecule has 4 nitrogen and oxygen atoms in total. The summed E-state index contributed by atoms with van der Waals surface area (Å²) in [7, 11) is 0. The molecule has 0 radical (unpaired) electrons. The van der Waals surface area contributed by atoms with E-state index in [0.717, 1.165) is 35.5 Å². The van der Waals surface area contributed by atoms with Gasteiger partial charge in [0.1, 0.15) is 11.3 Å². The predicted octanol–water partition coefficient (Wildman–Crippen LogP) is 3.96. The van der Waals surface area contributed by atoms with Crippen molar-refractivity contribution >= 4 is 32.9 Å². The van der Waals surface area contributed by atoms with Gasteiger partial charge in [-0.3, -0.25) is 4.79 Å². The standard InChI is InChI=1S/C16H17BrO4/c1-11-9-16(19)21-14-10-12(6-7-13(11)14)20-15(18)5-3-2-4-8-17/h6-7,9-10H,2-5,8H2,1H3. The van der Waals surface area contributed by atoms with Crippen LogP contribution in [0.5, 0.6) is 5.75 Å². The van der Waals surface area contributed by atoms with Gasteiger partial charge in [-0.1, -0.05) is 22.4 Å². The van der Waals surface area contributed by atoms with E-state index < -0.39 is 5.63 Å². The van der Waals surface area contributed by atoms with Crippen molar-refractivity contribution in [2.75, 3.05) is 5.33 Å². The van der Waals surface area contributed by atoms with E-state index >= 15 is 0 Å². The minimum Gasteiger partial charge on any atom is -0.426 e. The number of unbranched alkanes of at least 4 members (excludes halogenated alkanes) is 2. The van der Waals surface area contributed by atoms with Crippen LogP contribution in [0.3, 0.4) is 0 Å². The molecule has 112 valence electrons. The molecule has 0 aliphatic carbocycles. The molecule has 1 aromatic heterocycles. The summed E-state index contributed by atoms with van der Waals surface area (Å²) in [6.45, 7) is 1.84. The molecule has 5 heteroatoms. The Bertz CT molecular complexity index is 690.